The Balaban J connectivity index is 2.44. The lowest BCUT2D eigenvalue weighted by molar-refractivity contribution is -0.137. The van der Waals surface area contributed by atoms with Gasteiger partial charge in [-0.1, -0.05) is 12.1 Å². The molecule has 0 amide bonds. The summed E-state index contributed by atoms with van der Waals surface area (Å²) in [6, 6.07) is 10.9. The molecule has 24 heavy (non-hydrogen) atoms. The van der Waals surface area contributed by atoms with Crippen molar-refractivity contribution in [3.63, 3.8) is 0 Å². The first kappa shape index (κ1) is 17.3. The molecule has 6 nitrogen and oxygen atoms in total. The molecular weight excluding hydrogens is 312 g/mol. The van der Waals surface area contributed by atoms with E-state index in [0.717, 1.165) is 0 Å². The zero-order valence-electron chi connectivity index (χ0n) is 13.6. The molecular formula is C18H18O6. The number of ketones is 1. The number of carbonyl (C=O) groups excluding carboxylic acids is 1. The van der Waals surface area contributed by atoms with Gasteiger partial charge in [0, 0.05) is 11.6 Å². The number of hydrogen-bond acceptors (Lipinski definition) is 5. The molecule has 1 unspecified atom stereocenters. The number of carboxylic acid groups (broad SMARTS) is 1. The second-order valence-corrected chi connectivity index (χ2v) is 5.01. The van der Waals surface area contributed by atoms with Gasteiger partial charge in [-0.25, -0.2) is 0 Å². The molecule has 0 fully saturated rings. The second-order valence-electron chi connectivity index (χ2n) is 5.01. The monoisotopic (exact) mass is 330 g/mol. The molecule has 0 bridgehead atoms. The van der Waals surface area contributed by atoms with Crippen LogP contribution < -0.4 is 14.2 Å². The van der Waals surface area contributed by atoms with E-state index >= 15 is 0 Å². The number of carbonyl (C=O) groups is 2. The van der Waals surface area contributed by atoms with Gasteiger partial charge in [0.1, 0.15) is 23.2 Å². The standard InChI is InChI=1S/C18H18O6/c1-22-13-6-4-11(5-7-13)16(18(20)21)17(19)12-8-14(23-2)10-15(9-12)24-3/h4-10,16H,1-3H3,(H,20,21). The predicted octanol–water partition coefficient (Wildman–Crippen LogP) is 2.76. The van der Waals surface area contributed by atoms with E-state index in [2.05, 4.69) is 0 Å². The smallest absolute Gasteiger partial charge is 0.318 e. The summed E-state index contributed by atoms with van der Waals surface area (Å²) in [5.74, 6) is -1.70. The molecule has 126 valence electrons. The van der Waals surface area contributed by atoms with Gasteiger partial charge in [-0.15, -0.1) is 0 Å². The molecule has 2 rings (SSSR count). The van der Waals surface area contributed by atoms with E-state index in [9.17, 15) is 14.7 Å². The van der Waals surface area contributed by atoms with Gasteiger partial charge in [0.2, 0.25) is 0 Å². The summed E-state index contributed by atoms with van der Waals surface area (Å²) in [7, 11) is 4.43. The maximum Gasteiger partial charge on any atom is 0.318 e. The SMILES string of the molecule is COc1ccc(C(C(=O)O)C(=O)c2cc(OC)cc(OC)c2)cc1. The molecule has 2 aromatic rings. The van der Waals surface area contributed by atoms with Crippen molar-refractivity contribution in [1.82, 2.24) is 0 Å². The van der Waals surface area contributed by atoms with E-state index in [1.54, 1.807) is 30.3 Å². The molecule has 0 heterocycles. The number of ether oxygens (including phenoxy) is 3. The third-order valence-electron chi connectivity index (χ3n) is 3.59. The molecule has 0 radical (unpaired) electrons. The van der Waals surface area contributed by atoms with Crippen LogP contribution in [-0.2, 0) is 4.79 Å². The zero-order chi connectivity index (χ0) is 17.7. The van der Waals surface area contributed by atoms with Crippen LogP contribution in [0, 0.1) is 0 Å². The Kier molecular flexibility index (Phi) is 5.42. The van der Waals surface area contributed by atoms with Crippen LogP contribution in [-0.4, -0.2) is 38.2 Å². The Morgan fingerprint density at radius 1 is 0.833 bits per heavy atom. The van der Waals surface area contributed by atoms with Crippen LogP contribution in [0.3, 0.4) is 0 Å². The third kappa shape index (κ3) is 3.65. The number of methoxy groups -OCH3 is 3. The van der Waals surface area contributed by atoms with Crippen LogP contribution >= 0.6 is 0 Å². The largest absolute Gasteiger partial charge is 0.497 e. The van der Waals surface area contributed by atoms with Crippen molar-refractivity contribution in [2.24, 2.45) is 0 Å². The number of hydrogen-bond donors (Lipinski definition) is 1. The zero-order valence-corrected chi connectivity index (χ0v) is 13.6. The van der Waals surface area contributed by atoms with Gasteiger partial charge in [0.05, 0.1) is 21.3 Å². The first-order valence-corrected chi connectivity index (χ1v) is 7.14. The Bertz CT molecular complexity index is 713. The van der Waals surface area contributed by atoms with Crippen LogP contribution in [0.25, 0.3) is 0 Å². The molecule has 1 atom stereocenters. The summed E-state index contributed by atoms with van der Waals surface area (Å²) in [6.07, 6.45) is 0. The Labute approximate surface area is 139 Å². The highest BCUT2D eigenvalue weighted by Gasteiger charge is 2.30. The maximum absolute atomic E-state index is 12.8. The van der Waals surface area contributed by atoms with E-state index in [1.807, 2.05) is 0 Å². The van der Waals surface area contributed by atoms with Crippen molar-refractivity contribution in [2.45, 2.75) is 5.92 Å². The van der Waals surface area contributed by atoms with Gasteiger partial charge >= 0.3 is 5.97 Å². The molecule has 2 aromatic carbocycles. The summed E-state index contributed by atoms with van der Waals surface area (Å²) in [5.41, 5.74) is 0.574. The molecule has 0 aliphatic rings. The summed E-state index contributed by atoms with van der Waals surface area (Å²) < 4.78 is 15.3. The van der Waals surface area contributed by atoms with Gasteiger partial charge in [-0.2, -0.15) is 0 Å². The highest BCUT2D eigenvalue weighted by Crippen LogP contribution is 2.28. The van der Waals surface area contributed by atoms with E-state index in [0.29, 0.717) is 22.8 Å². The minimum absolute atomic E-state index is 0.203. The van der Waals surface area contributed by atoms with Crippen molar-refractivity contribution in [3.8, 4) is 17.2 Å². The van der Waals surface area contributed by atoms with Gasteiger partial charge < -0.3 is 19.3 Å². The van der Waals surface area contributed by atoms with Crippen LogP contribution in [0.1, 0.15) is 21.8 Å². The summed E-state index contributed by atoms with van der Waals surface area (Å²) in [6.45, 7) is 0. The lowest BCUT2D eigenvalue weighted by Gasteiger charge is -2.14. The number of aliphatic carboxylic acids is 1. The second kappa shape index (κ2) is 7.50. The maximum atomic E-state index is 12.8. The number of benzene rings is 2. The molecule has 0 aliphatic heterocycles. The van der Waals surface area contributed by atoms with E-state index in [1.165, 1.54) is 33.5 Å². The first-order valence-electron chi connectivity index (χ1n) is 7.14. The quantitative estimate of drug-likeness (QED) is 0.621. The Hall–Kier alpha value is -3.02. The van der Waals surface area contributed by atoms with Crippen LogP contribution in [0.4, 0.5) is 0 Å². The minimum Gasteiger partial charge on any atom is -0.497 e. The molecule has 0 saturated heterocycles. The van der Waals surface area contributed by atoms with Gasteiger partial charge in [0.25, 0.3) is 0 Å². The van der Waals surface area contributed by atoms with Crippen molar-refractivity contribution in [3.05, 3.63) is 53.6 Å². The van der Waals surface area contributed by atoms with Crippen molar-refractivity contribution in [2.75, 3.05) is 21.3 Å². The average molecular weight is 330 g/mol. The van der Waals surface area contributed by atoms with Crippen molar-refractivity contribution >= 4 is 11.8 Å². The number of rotatable bonds is 7. The Morgan fingerprint density at radius 2 is 1.33 bits per heavy atom. The van der Waals surface area contributed by atoms with Crippen LogP contribution in [0.2, 0.25) is 0 Å². The topological polar surface area (TPSA) is 82.1 Å². The molecule has 0 spiro atoms. The average Bonchev–Trinajstić information content (AvgIpc) is 2.61. The van der Waals surface area contributed by atoms with Crippen LogP contribution in [0.15, 0.2) is 42.5 Å². The lowest BCUT2D eigenvalue weighted by atomic mass is 9.90. The van der Waals surface area contributed by atoms with Crippen molar-refractivity contribution < 1.29 is 28.9 Å². The Morgan fingerprint density at radius 3 is 1.75 bits per heavy atom. The van der Waals surface area contributed by atoms with Gasteiger partial charge in [-0.3, -0.25) is 9.59 Å². The third-order valence-corrected chi connectivity index (χ3v) is 3.59. The van der Waals surface area contributed by atoms with Crippen LogP contribution in [0.5, 0.6) is 17.2 Å². The minimum atomic E-state index is -1.33. The summed E-state index contributed by atoms with van der Waals surface area (Å²) in [5, 5.41) is 9.52. The summed E-state index contributed by atoms with van der Waals surface area (Å²) in [4.78, 5) is 24.4. The van der Waals surface area contributed by atoms with E-state index in [-0.39, 0.29) is 5.56 Å². The fourth-order valence-electron chi connectivity index (χ4n) is 2.32. The van der Waals surface area contributed by atoms with E-state index < -0.39 is 17.7 Å². The fraction of sp³-hybridized carbons (Fsp3) is 0.222. The molecule has 0 aromatic heterocycles. The first-order chi connectivity index (χ1) is 11.5. The summed E-state index contributed by atoms with van der Waals surface area (Å²) >= 11 is 0. The normalized spacial score (nSPS) is 11.5. The fourth-order valence-corrected chi connectivity index (χ4v) is 2.32. The highest BCUT2D eigenvalue weighted by atomic mass is 16.5. The van der Waals surface area contributed by atoms with Gasteiger partial charge in [-0.05, 0) is 29.8 Å². The van der Waals surface area contributed by atoms with Crippen molar-refractivity contribution in [1.29, 1.82) is 0 Å². The predicted molar refractivity (Wildman–Crippen MR) is 87.2 cm³/mol. The number of carboxylic acids is 1. The molecule has 0 aliphatic carbocycles. The lowest BCUT2D eigenvalue weighted by Crippen LogP contribution is -2.22. The number of Topliss-reactive ketones (excluding diaryl/α,β-unsaturated/α-hetero) is 1. The molecule has 0 saturated carbocycles. The molecule has 1 N–H and O–H groups in total. The van der Waals surface area contributed by atoms with E-state index in [4.69, 9.17) is 14.2 Å². The van der Waals surface area contributed by atoms with Gasteiger partial charge in [0.15, 0.2) is 5.78 Å². The highest BCUT2D eigenvalue weighted by molar-refractivity contribution is 6.12. The molecule has 6 heteroatoms.